The molecule has 2 fully saturated rings. The Morgan fingerprint density at radius 3 is 2.81 bits per heavy atom. The molecule has 0 bridgehead atoms. The van der Waals surface area contributed by atoms with E-state index in [0.29, 0.717) is 51.8 Å². The number of carbonyl (C=O) groups excluding carboxylic acids is 2. The molecule has 2 aliphatic rings. The average molecular weight is 542 g/mol. The number of carbonyl (C=O) groups is 2. The standard InChI is InChI=1S/C26H25F2N5O2S2/c1-13-22(32-8-9-36-26(32)30-13)24(34)29-11-20-17-5-3-4-16(17)12-33(20)25(35)21-23(37-14(2)31-21)15-6-7-18(27)19(28)10-15/h6-10,16-17,20H,3-5,11-12H2,1-2H3,(H,29,34)/t16-,17-,20+/m0/s1. The summed E-state index contributed by atoms with van der Waals surface area (Å²) in [6.45, 7) is 4.53. The molecule has 3 aromatic heterocycles. The molecule has 37 heavy (non-hydrogen) atoms. The van der Waals surface area contributed by atoms with Crippen LogP contribution in [0, 0.1) is 37.3 Å². The van der Waals surface area contributed by atoms with E-state index in [1.165, 1.54) is 28.7 Å². The van der Waals surface area contributed by atoms with Crippen LogP contribution in [0.5, 0.6) is 0 Å². The third-order valence-electron chi connectivity index (χ3n) is 7.55. The number of rotatable bonds is 5. The maximum Gasteiger partial charge on any atom is 0.274 e. The van der Waals surface area contributed by atoms with E-state index in [1.54, 1.807) is 11.3 Å². The second kappa shape index (κ2) is 9.29. The number of amides is 2. The molecular weight excluding hydrogens is 516 g/mol. The second-order valence-electron chi connectivity index (χ2n) is 9.73. The molecule has 2 amide bonds. The van der Waals surface area contributed by atoms with Crippen molar-refractivity contribution in [1.82, 2.24) is 24.6 Å². The van der Waals surface area contributed by atoms with Gasteiger partial charge >= 0.3 is 0 Å². The van der Waals surface area contributed by atoms with Crippen molar-refractivity contribution in [2.45, 2.75) is 39.2 Å². The van der Waals surface area contributed by atoms with E-state index in [9.17, 15) is 18.4 Å². The van der Waals surface area contributed by atoms with Crippen LogP contribution in [-0.4, -0.2) is 50.2 Å². The van der Waals surface area contributed by atoms with Gasteiger partial charge in [-0.1, -0.05) is 12.5 Å². The Morgan fingerprint density at radius 2 is 2.00 bits per heavy atom. The summed E-state index contributed by atoms with van der Waals surface area (Å²) in [5.74, 6) is -1.69. The van der Waals surface area contributed by atoms with Crippen LogP contribution in [0.1, 0.15) is 50.9 Å². The first kappa shape index (κ1) is 24.2. The van der Waals surface area contributed by atoms with Crippen LogP contribution in [0.15, 0.2) is 29.8 Å². The second-order valence-corrected chi connectivity index (χ2v) is 11.8. The zero-order chi connectivity index (χ0) is 25.8. The number of aromatic nitrogens is 3. The Labute approximate surface area is 220 Å². The summed E-state index contributed by atoms with van der Waals surface area (Å²) in [6.07, 6.45) is 4.98. The van der Waals surface area contributed by atoms with Crippen LogP contribution in [0.25, 0.3) is 15.4 Å². The summed E-state index contributed by atoms with van der Waals surface area (Å²) in [5, 5.41) is 5.62. The number of fused-ring (bicyclic) bond motifs is 2. The summed E-state index contributed by atoms with van der Waals surface area (Å²) < 4.78 is 29.3. The first-order chi connectivity index (χ1) is 17.8. The largest absolute Gasteiger partial charge is 0.349 e. The molecule has 1 N–H and O–H groups in total. The zero-order valence-corrected chi connectivity index (χ0v) is 22.0. The molecule has 11 heteroatoms. The van der Waals surface area contributed by atoms with Crippen molar-refractivity contribution in [3.63, 3.8) is 0 Å². The third-order valence-corrected chi connectivity index (χ3v) is 9.32. The van der Waals surface area contributed by atoms with Gasteiger partial charge in [0.25, 0.3) is 11.8 Å². The molecule has 4 heterocycles. The highest BCUT2D eigenvalue weighted by Gasteiger charge is 2.47. The lowest BCUT2D eigenvalue weighted by atomic mass is 9.94. The van der Waals surface area contributed by atoms with E-state index in [-0.39, 0.29) is 23.6 Å². The highest BCUT2D eigenvalue weighted by molar-refractivity contribution is 7.15. The molecule has 1 aliphatic carbocycles. The number of likely N-dealkylation sites (tertiary alicyclic amines) is 1. The van der Waals surface area contributed by atoms with Crippen LogP contribution >= 0.6 is 22.7 Å². The van der Waals surface area contributed by atoms with Crippen LogP contribution in [-0.2, 0) is 0 Å². The van der Waals surface area contributed by atoms with Crippen LogP contribution in [0.4, 0.5) is 8.78 Å². The van der Waals surface area contributed by atoms with Gasteiger partial charge in [-0.05, 0) is 56.2 Å². The van der Waals surface area contributed by atoms with Crippen molar-refractivity contribution >= 4 is 39.4 Å². The lowest BCUT2D eigenvalue weighted by Gasteiger charge is -2.28. The summed E-state index contributed by atoms with van der Waals surface area (Å²) >= 11 is 2.75. The fourth-order valence-electron chi connectivity index (χ4n) is 5.90. The fraction of sp³-hybridized carbons (Fsp3) is 0.385. The van der Waals surface area contributed by atoms with E-state index in [0.717, 1.165) is 36.4 Å². The molecule has 0 unspecified atom stereocenters. The molecule has 0 spiro atoms. The Kier molecular flexibility index (Phi) is 6.07. The lowest BCUT2D eigenvalue weighted by Crippen LogP contribution is -2.46. The van der Waals surface area contributed by atoms with Crippen LogP contribution in [0.3, 0.4) is 0 Å². The number of nitrogens with one attached hydrogen (secondary N) is 1. The van der Waals surface area contributed by atoms with Gasteiger partial charge in [-0.15, -0.1) is 22.7 Å². The Balaban J connectivity index is 1.28. The van der Waals surface area contributed by atoms with Gasteiger partial charge in [-0.2, -0.15) is 0 Å². The molecule has 7 nitrogen and oxygen atoms in total. The van der Waals surface area contributed by atoms with E-state index < -0.39 is 11.6 Å². The van der Waals surface area contributed by atoms with E-state index >= 15 is 0 Å². The van der Waals surface area contributed by atoms with Gasteiger partial charge in [0.2, 0.25) is 0 Å². The number of imidazole rings is 1. The molecule has 4 aromatic rings. The summed E-state index contributed by atoms with van der Waals surface area (Å²) in [4.78, 5) is 39.2. The topological polar surface area (TPSA) is 79.6 Å². The van der Waals surface area contributed by atoms with E-state index in [2.05, 4.69) is 15.3 Å². The van der Waals surface area contributed by atoms with E-state index in [4.69, 9.17) is 0 Å². The molecule has 1 saturated heterocycles. The third kappa shape index (κ3) is 4.14. The first-order valence-corrected chi connectivity index (χ1v) is 14.0. The zero-order valence-electron chi connectivity index (χ0n) is 20.3. The van der Waals surface area contributed by atoms with Crippen molar-refractivity contribution in [1.29, 1.82) is 0 Å². The quantitative estimate of drug-likeness (QED) is 0.382. The summed E-state index contributed by atoms with van der Waals surface area (Å²) in [5.41, 5.74) is 1.84. The van der Waals surface area contributed by atoms with E-state index in [1.807, 2.05) is 23.4 Å². The van der Waals surface area contributed by atoms with Gasteiger partial charge in [0.15, 0.2) is 16.6 Å². The van der Waals surface area contributed by atoms with Gasteiger partial charge in [-0.3, -0.25) is 14.0 Å². The number of hydrogen-bond donors (Lipinski definition) is 1. The number of hydrogen-bond acceptors (Lipinski definition) is 6. The number of aryl methyl sites for hydroxylation is 2. The van der Waals surface area contributed by atoms with Gasteiger partial charge in [-0.25, -0.2) is 18.7 Å². The molecule has 1 aliphatic heterocycles. The lowest BCUT2D eigenvalue weighted by molar-refractivity contribution is 0.0696. The molecule has 0 radical (unpaired) electrons. The highest BCUT2D eigenvalue weighted by Crippen LogP contribution is 2.43. The monoisotopic (exact) mass is 541 g/mol. The van der Waals surface area contributed by atoms with Crippen molar-refractivity contribution in [2.24, 2.45) is 11.8 Å². The van der Waals surface area contributed by atoms with Gasteiger partial charge in [0.05, 0.1) is 21.6 Å². The normalized spacial score (nSPS) is 21.1. The maximum atomic E-state index is 14.0. The number of halogens is 2. The summed E-state index contributed by atoms with van der Waals surface area (Å²) in [7, 11) is 0. The van der Waals surface area contributed by atoms with Crippen molar-refractivity contribution in [3.05, 3.63) is 63.5 Å². The Morgan fingerprint density at radius 1 is 1.16 bits per heavy atom. The molecular formula is C26H25F2N5O2S2. The minimum absolute atomic E-state index is 0.171. The minimum atomic E-state index is -0.965. The molecule has 1 aromatic carbocycles. The van der Waals surface area contributed by atoms with Gasteiger partial charge in [0.1, 0.15) is 11.4 Å². The number of nitrogens with zero attached hydrogens (tertiary/aromatic N) is 4. The van der Waals surface area contributed by atoms with Gasteiger partial charge in [0, 0.05) is 24.7 Å². The Bertz CT molecular complexity index is 1530. The van der Waals surface area contributed by atoms with Crippen LogP contribution in [0.2, 0.25) is 0 Å². The first-order valence-electron chi connectivity index (χ1n) is 12.3. The van der Waals surface area contributed by atoms with Crippen molar-refractivity contribution in [2.75, 3.05) is 13.1 Å². The molecule has 1 saturated carbocycles. The maximum absolute atomic E-state index is 14.0. The minimum Gasteiger partial charge on any atom is -0.349 e. The van der Waals surface area contributed by atoms with Gasteiger partial charge < -0.3 is 10.2 Å². The average Bonchev–Trinajstić information content (AvgIpc) is 3.66. The predicted octanol–water partition coefficient (Wildman–Crippen LogP) is 5.09. The van der Waals surface area contributed by atoms with Crippen molar-refractivity contribution in [3.8, 4) is 10.4 Å². The molecule has 3 atom stereocenters. The van der Waals surface area contributed by atoms with Crippen molar-refractivity contribution < 1.29 is 18.4 Å². The SMILES string of the molecule is Cc1nc(C(=O)N2C[C@@H]3CCC[C@@H]3[C@H]2CNC(=O)c2c(C)nc3sccn23)c(-c2ccc(F)c(F)c2)s1. The smallest absolute Gasteiger partial charge is 0.274 e. The predicted molar refractivity (Wildman–Crippen MR) is 138 cm³/mol. The highest BCUT2D eigenvalue weighted by atomic mass is 32.1. The fourth-order valence-corrected chi connectivity index (χ4v) is 7.57. The molecule has 192 valence electrons. The Hall–Kier alpha value is -3.18. The number of thiazole rings is 2. The molecule has 6 rings (SSSR count). The summed E-state index contributed by atoms with van der Waals surface area (Å²) in [6, 6.07) is 3.47. The number of benzene rings is 1. The van der Waals surface area contributed by atoms with Crippen LogP contribution < -0.4 is 5.32 Å².